The van der Waals surface area contributed by atoms with Crippen LogP contribution in [-0.4, -0.2) is 17.4 Å². The number of thioether (sulfide) groups is 1. The summed E-state index contributed by atoms with van der Waals surface area (Å²) < 4.78 is 5.81. The lowest BCUT2D eigenvalue weighted by molar-refractivity contribution is 0.556. The van der Waals surface area contributed by atoms with Gasteiger partial charge in [0.15, 0.2) is 0 Å². The standard InChI is InChI=1S/C17H17NOS.C2H6S/c1-2-20-14-13-17(18-15-9-5-3-6-10-15)19-16-11-7-4-8-12-16;1-2-3/h3-14H,2H2,1H3;3H,2H2,1H3/b14-13+,18-17?;. The Bertz CT molecular complexity index is 583. The summed E-state index contributed by atoms with van der Waals surface area (Å²) >= 11 is 5.50. The van der Waals surface area contributed by atoms with Gasteiger partial charge in [-0.05, 0) is 41.2 Å². The topological polar surface area (TPSA) is 21.6 Å². The molecule has 0 aliphatic heterocycles. The zero-order chi connectivity index (χ0) is 16.8. The zero-order valence-corrected chi connectivity index (χ0v) is 15.3. The molecule has 0 aliphatic carbocycles. The Morgan fingerprint density at radius 2 is 1.61 bits per heavy atom. The maximum Gasteiger partial charge on any atom is 0.220 e. The van der Waals surface area contributed by atoms with Crippen LogP contribution in [0.2, 0.25) is 0 Å². The van der Waals surface area contributed by atoms with Gasteiger partial charge in [0.2, 0.25) is 5.90 Å². The second kappa shape index (κ2) is 12.9. The van der Waals surface area contributed by atoms with Crippen LogP contribution in [0.1, 0.15) is 13.8 Å². The molecule has 0 spiro atoms. The molecule has 0 atom stereocenters. The summed E-state index contributed by atoms with van der Waals surface area (Å²) in [6.45, 7) is 4.10. The lowest BCUT2D eigenvalue weighted by atomic mass is 10.3. The summed E-state index contributed by atoms with van der Waals surface area (Å²) in [6.07, 6.45) is 1.90. The number of hydrogen-bond donors (Lipinski definition) is 1. The van der Waals surface area contributed by atoms with Crippen molar-refractivity contribution in [3.05, 3.63) is 72.1 Å². The fourth-order valence-corrected chi connectivity index (χ4v) is 1.94. The highest BCUT2D eigenvalue weighted by molar-refractivity contribution is 8.02. The molecule has 0 N–H and O–H groups in total. The number of para-hydroxylation sites is 2. The summed E-state index contributed by atoms with van der Waals surface area (Å²) in [7, 11) is 0. The van der Waals surface area contributed by atoms with Crippen molar-refractivity contribution in [1.82, 2.24) is 0 Å². The Hall–Kier alpha value is -1.65. The van der Waals surface area contributed by atoms with Crippen molar-refractivity contribution in [3.63, 3.8) is 0 Å². The van der Waals surface area contributed by atoms with Crippen molar-refractivity contribution >= 4 is 36.0 Å². The van der Waals surface area contributed by atoms with Gasteiger partial charge < -0.3 is 4.74 Å². The molecule has 0 aliphatic rings. The lowest BCUT2D eigenvalue weighted by Gasteiger charge is -2.05. The minimum atomic E-state index is 0.586. The maximum atomic E-state index is 5.81. The highest BCUT2D eigenvalue weighted by Gasteiger charge is 1.99. The molecule has 4 heteroatoms. The molecule has 0 saturated heterocycles. The minimum absolute atomic E-state index is 0.586. The molecule has 0 amide bonds. The quantitative estimate of drug-likeness (QED) is 0.408. The van der Waals surface area contributed by atoms with Gasteiger partial charge in [-0.1, -0.05) is 50.2 Å². The van der Waals surface area contributed by atoms with E-state index in [-0.39, 0.29) is 0 Å². The second-order valence-corrected chi connectivity index (χ2v) is 6.09. The van der Waals surface area contributed by atoms with Crippen LogP contribution in [0.25, 0.3) is 0 Å². The van der Waals surface area contributed by atoms with E-state index in [9.17, 15) is 0 Å². The molecule has 2 rings (SSSR count). The third-order valence-corrected chi connectivity index (χ3v) is 3.10. The Labute approximate surface area is 149 Å². The highest BCUT2D eigenvalue weighted by atomic mass is 32.2. The van der Waals surface area contributed by atoms with Gasteiger partial charge in [-0.3, -0.25) is 0 Å². The first-order valence-electron chi connectivity index (χ1n) is 7.55. The van der Waals surface area contributed by atoms with Gasteiger partial charge in [0.05, 0.1) is 5.69 Å². The second-order valence-electron chi connectivity index (χ2n) is 4.28. The number of rotatable bonds is 5. The van der Waals surface area contributed by atoms with E-state index in [4.69, 9.17) is 4.74 Å². The van der Waals surface area contributed by atoms with Crippen molar-refractivity contribution in [2.75, 3.05) is 11.5 Å². The van der Waals surface area contributed by atoms with E-state index >= 15 is 0 Å². The van der Waals surface area contributed by atoms with Crippen LogP contribution in [-0.2, 0) is 0 Å². The minimum Gasteiger partial charge on any atom is -0.439 e. The zero-order valence-electron chi connectivity index (χ0n) is 13.6. The number of nitrogens with zero attached hydrogens (tertiary/aromatic N) is 1. The summed E-state index contributed by atoms with van der Waals surface area (Å²) in [4.78, 5) is 4.52. The molecule has 0 saturated carbocycles. The Balaban J connectivity index is 0.000000816. The molecule has 0 fully saturated rings. The molecule has 0 bridgehead atoms. The van der Waals surface area contributed by atoms with E-state index in [2.05, 4.69) is 24.5 Å². The van der Waals surface area contributed by atoms with Crippen LogP contribution >= 0.6 is 24.4 Å². The Morgan fingerprint density at radius 3 is 2.17 bits per heavy atom. The van der Waals surface area contributed by atoms with Gasteiger partial charge in [0.25, 0.3) is 0 Å². The van der Waals surface area contributed by atoms with E-state index < -0.39 is 0 Å². The molecule has 0 unspecified atom stereocenters. The Morgan fingerprint density at radius 1 is 1.04 bits per heavy atom. The summed E-state index contributed by atoms with van der Waals surface area (Å²) in [5, 5.41) is 2.00. The lowest BCUT2D eigenvalue weighted by Crippen LogP contribution is -2.04. The maximum absolute atomic E-state index is 5.81. The van der Waals surface area contributed by atoms with E-state index in [0.29, 0.717) is 5.90 Å². The first-order valence-corrected chi connectivity index (χ1v) is 9.23. The van der Waals surface area contributed by atoms with Crippen LogP contribution in [0, 0.1) is 0 Å². The van der Waals surface area contributed by atoms with Gasteiger partial charge in [-0.2, -0.15) is 12.6 Å². The summed E-state index contributed by atoms with van der Waals surface area (Å²) in [5.41, 5.74) is 0.879. The molecule has 23 heavy (non-hydrogen) atoms. The van der Waals surface area contributed by atoms with Crippen molar-refractivity contribution in [2.45, 2.75) is 13.8 Å². The first kappa shape index (κ1) is 19.4. The molecule has 0 aromatic heterocycles. The third kappa shape index (κ3) is 9.16. The molecule has 0 heterocycles. The van der Waals surface area contributed by atoms with Gasteiger partial charge >= 0.3 is 0 Å². The van der Waals surface area contributed by atoms with E-state index in [0.717, 1.165) is 22.9 Å². The van der Waals surface area contributed by atoms with Crippen LogP contribution in [0.5, 0.6) is 5.75 Å². The fraction of sp³-hybridized carbons (Fsp3) is 0.211. The van der Waals surface area contributed by atoms with Crippen LogP contribution in [0.4, 0.5) is 5.69 Å². The number of ether oxygens (including phenoxy) is 1. The predicted octanol–water partition coefficient (Wildman–Crippen LogP) is 6.00. The van der Waals surface area contributed by atoms with Crippen LogP contribution in [0.15, 0.2) is 77.1 Å². The average Bonchev–Trinajstić information content (AvgIpc) is 2.58. The normalized spacial score (nSPS) is 11.0. The predicted molar refractivity (Wildman–Crippen MR) is 107 cm³/mol. The monoisotopic (exact) mass is 345 g/mol. The van der Waals surface area contributed by atoms with Gasteiger partial charge in [0, 0.05) is 6.08 Å². The molecule has 2 aromatic rings. The smallest absolute Gasteiger partial charge is 0.220 e. The SMILES string of the molecule is CCS.CCS/C=C/C(=Nc1ccccc1)Oc1ccccc1. The van der Waals surface area contributed by atoms with Crippen molar-refractivity contribution in [3.8, 4) is 5.75 Å². The van der Waals surface area contributed by atoms with Crippen molar-refractivity contribution < 1.29 is 4.74 Å². The first-order chi connectivity index (χ1) is 11.3. The van der Waals surface area contributed by atoms with E-state index in [1.54, 1.807) is 11.8 Å². The van der Waals surface area contributed by atoms with Crippen molar-refractivity contribution in [1.29, 1.82) is 0 Å². The molecule has 0 radical (unpaired) electrons. The van der Waals surface area contributed by atoms with Crippen LogP contribution in [0.3, 0.4) is 0 Å². The molecule has 2 aromatic carbocycles. The molecular formula is C19H23NOS2. The molecule has 122 valence electrons. The summed E-state index contributed by atoms with van der Waals surface area (Å²) in [6, 6.07) is 19.5. The summed E-state index contributed by atoms with van der Waals surface area (Å²) in [5.74, 6) is 3.34. The van der Waals surface area contributed by atoms with E-state index in [1.807, 2.05) is 79.1 Å². The highest BCUT2D eigenvalue weighted by Crippen LogP contribution is 2.15. The molecular weight excluding hydrogens is 322 g/mol. The fourth-order valence-electron chi connectivity index (χ4n) is 1.54. The average molecular weight is 346 g/mol. The van der Waals surface area contributed by atoms with Gasteiger partial charge in [-0.15, -0.1) is 11.8 Å². The van der Waals surface area contributed by atoms with Gasteiger partial charge in [0.1, 0.15) is 5.75 Å². The number of aliphatic imine (C=N–C) groups is 1. The van der Waals surface area contributed by atoms with Crippen LogP contribution < -0.4 is 4.74 Å². The largest absolute Gasteiger partial charge is 0.439 e. The van der Waals surface area contributed by atoms with E-state index in [1.165, 1.54) is 0 Å². The number of benzene rings is 2. The van der Waals surface area contributed by atoms with Gasteiger partial charge in [-0.25, -0.2) is 4.99 Å². The molecule has 2 nitrogen and oxygen atoms in total. The Kier molecular flexibility index (Phi) is 10.8. The number of thiol groups is 1. The van der Waals surface area contributed by atoms with Crippen molar-refractivity contribution in [2.24, 2.45) is 4.99 Å². The number of hydrogen-bond acceptors (Lipinski definition) is 4. The third-order valence-electron chi connectivity index (χ3n) is 2.43.